The number of aromatic nitrogens is 6. The second-order valence-corrected chi connectivity index (χ2v) is 29.1. The Bertz CT molecular complexity index is 7680. The van der Waals surface area contributed by atoms with Crippen LogP contribution < -0.4 is 0 Å². The Kier molecular flexibility index (Phi) is 10.2. The number of thiophene rings is 3. The molecular formula is C87H44N6O3S3. The van der Waals surface area contributed by atoms with E-state index >= 15 is 0 Å². The fourth-order valence-electron chi connectivity index (χ4n) is 16.9. The van der Waals surface area contributed by atoms with Gasteiger partial charge in [-0.15, -0.1) is 34.0 Å². The summed E-state index contributed by atoms with van der Waals surface area (Å²) >= 11 is 5.53. The highest BCUT2D eigenvalue weighted by atomic mass is 32.1. The molecule has 0 unspecified atom stereocenters. The third kappa shape index (κ3) is 6.98. The summed E-state index contributed by atoms with van der Waals surface area (Å²) in [4.78, 5) is 15.7. The minimum absolute atomic E-state index is 0.522. The van der Waals surface area contributed by atoms with E-state index in [-0.39, 0.29) is 0 Å². The molecule has 0 aliphatic rings. The van der Waals surface area contributed by atoms with Crippen molar-refractivity contribution >= 4 is 226 Å². The molecule has 0 spiro atoms. The van der Waals surface area contributed by atoms with E-state index in [9.17, 15) is 0 Å². The first-order valence-corrected chi connectivity index (χ1v) is 35.6. The van der Waals surface area contributed by atoms with E-state index in [2.05, 4.69) is 208 Å². The molecule has 24 aromatic rings. The van der Waals surface area contributed by atoms with Crippen LogP contribution in [0.25, 0.3) is 232 Å². The van der Waals surface area contributed by atoms with Crippen molar-refractivity contribution in [3.8, 4) is 40.3 Å². The van der Waals surface area contributed by atoms with Crippen LogP contribution in [0.3, 0.4) is 0 Å². The molecule has 0 bridgehead atoms. The SMILES string of the molecule is c1ccc2oc(-n3c4ccc5c(-c6ccc7sc8c(c7c6)c6ccccc6c6c8c7cccc(-c8ccc9sc%10c(c9c8)c8ccccc8c8c9ccccc9n(-c9nc%11ccccc%11o9)c%108)c7n6-c6nc7ccccc7o6)cccc5c4c4ccc5c6ccccc6sc5c43)nc2c1. The second-order valence-electron chi connectivity index (χ2n) is 26.0. The molecule has 0 aliphatic heterocycles. The highest BCUT2D eigenvalue weighted by molar-refractivity contribution is 7.28. The van der Waals surface area contributed by atoms with Crippen LogP contribution in [0.5, 0.6) is 0 Å². The number of nitrogens with zero attached hydrogens (tertiary/aromatic N) is 6. The first-order chi connectivity index (χ1) is 49.1. The molecule has 15 aromatic carbocycles. The summed E-state index contributed by atoms with van der Waals surface area (Å²) in [6.45, 7) is 0. The second kappa shape index (κ2) is 19.2. The topological polar surface area (TPSA) is 92.9 Å². The van der Waals surface area contributed by atoms with E-state index in [0.29, 0.717) is 18.0 Å². The van der Waals surface area contributed by atoms with Crippen molar-refractivity contribution in [1.82, 2.24) is 28.7 Å². The van der Waals surface area contributed by atoms with Crippen molar-refractivity contribution in [3.63, 3.8) is 0 Å². The van der Waals surface area contributed by atoms with Gasteiger partial charge < -0.3 is 13.3 Å². The Morgan fingerprint density at radius 2 is 0.707 bits per heavy atom. The smallest absolute Gasteiger partial charge is 0.307 e. The van der Waals surface area contributed by atoms with E-state index in [1.165, 1.54) is 109 Å². The predicted octanol–water partition coefficient (Wildman–Crippen LogP) is 25.3. The fraction of sp³-hybridized carbons (Fsp3) is 0. The number of benzene rings is 15. The van der Waals surface area contributed by atoms with Crippen LogP contribution in [0.4, 0.5) is 0 Å². The molecule has 9 heterocycles. The number of hydrogen-bond donors (Lipinski definition) is 0. The van der Waals surface area contributed by atoms with Crippen molar-refractivity contribution in [1.29, 1.82) is 0 Å². The van der Waals surface area contributed by atoms with Crippen LogP contribution in [-0.4, -0.2) is 28.7 Å². The van der Waals surface area contributed by atoms with Crippen LogP contribution in [0, 0.1) is 0 Å². The quantitative estimate of drug-likeness (QED) is 0.170. The summed E-state index contributed by atoms with van der Waals surface area (Å²) in [5, 5.41) is 21.3. The van der Waals surface area contributed by atoms with E-state index in [1.54, 1.807) is 0 Å². The average Bonchev–Trinajstić information content (AvgIpc) is 1.54. The first kappa shape index (κ1) is 52.8. The van der Waals surface area contributed by atoms with Gasteiger partial charge in [0.1, 0.15) is 16.6 Å². The van der Waals surface area contributed by atoms with Crippen molar-refractivity contribution in [2.45, 2.75) is 0 Å². The summed E-state index contributed by atoms with van der Waals surface area (Å²) in [6.07, 6.45) is 0. The first-order valence-electron chi connectivity index (χ1n) is 33.1. The predicted molar refractivity (Wildman–Crippen MR) is 414 cm³/mol. The standard InChI is InChI=1S/C87H44N6O3S3/c1-2-19-53-52(18-1)74-57-22-5-10-30-65(57)91(85-88-62-27-7-11-31-67(62)94-85)81(74)84-76(53)61-44-46(36-42-72(61)99-84)48-24-16-26-58-77-79(93(78(48)58)87-90-64-29-9-13-33-69(64)96-87)55-21-4-3-20-54(55)75-60-43-45(35-41-71(60)98-83(75)77)47-23-15-25-51-49(47)39-40-66-73(51)59-38-37-56-50-17-6-14-34-70(50)97-82(56)80(59)92(66)86-89-63-28-8-12-32-68(63)95-86/h1-44H. The van der Waals surface area contributed by atoms with Gasteiger partial charge in [0.15, 0.2) is 16.7 Å². The van der Waals surface area contributed by atoms with Crippen molar-refractivity contribution in [2.24, 2.45) is 0 Å². The third-order valence-corrected chi connectivity index (χ3v) is 24.5. The van der Waals surface area contributed by atoms with Crippen LogP contribution >= 0.6 is 34.0 Å². The molecule has 0 aliphatic carbocycles. The highest BCUT2D eigenvalue weighted by Crippen LogP contribution is 2.54. The lowest BCUT2D eigenvalue weighted by Gasteiger charge is -2.11. The molecule has 9 nitrogen and oxygen atoms in total. The van der Waals surface area contributed by atoms with Gasteiger partial charge in [-0.3, -0.25) is 13.7 Å². The highest BCUT2D eigenvalue weighted by Gasteiger charge is 2.30. The largest absolute Gasteiger partial charge is 0.423 e. The molecule has 0 saturated heterocycles. The Morgan fingerprint density at radius 3 is 1.39 bits per heavy atom. The minimum Gasteiger partial charge on any atom is -0.423 e. The molecular weight excluding hydrogens is 1270 g/mol. The molecule has 0 saturated carbocycles. The third-order valence-electron chi connectivity index (χ3n) is 20.9. The normalized spacial score (nSPS) is 12.6. The van der Waals surface area contributed by atoms with Crippen LogP contribution in [-0.2, 0) is 0 Å². The molecule has 458 valence electrons. The molecule has 0 atom stereocenters. The minimum atomic E-state index is 0.522. The summed E-state index contributed by atoms with van der Waals surface area (Å²) < 4.78 is 34.5. The van der Waals surface area contributed by atoms with E-state index in [0.717, 1.165) is 105 Å². The van der Waals surface area contributed by atoms with Gasteiger partial charge in [0.25, 0.3) is 0 Å². The molecule has 24 rings (SSSR count). The van der Waals surface area contributed by atoms with Gasteiger partial charge in [-0.05, 0) is 122 Å². The van der Waals surface area contributed by atoms with Gasteiger partial charge in [0.05, 0.1) is 42.5 Å². The van der Waals surface area contributed by atoms with Crippen molar-refractivity contribution in [2.75, 3.05) is 0 Å². The number of oxazole rings is 3. The molecule has 9 aromatic heterocycles. The van der Waals surface area contributed by atoms with Crippen LogP contribution in [0.1, 0.15) is 0 Å². The van der Waals surface area contributed by atoms with Gasteiger partial charge in [-0.2, -0.15) is 15.0 Å². The van der Waals surface area contributed by atoms with Gasteiger partial charge in [0.2, 0.25) is 0 Å². The lowest BCUT2D eigenvalue weighted by molar-refractivity contribution is 0.574. The lowest BCUT2D eigenvalue weighted by Crippen LogP contribution is -1.96. The summed E-state index contributed by atoms with van der Waals surface area (Å²) in [5.74, 6) is 0. The van der Waals surface area contributed by atoms with Crippen molar-refractivity contribution in [3.05, 3.63) is 267 Å². The Morgan fingerprint density at radius 1 is 0.242 bits per heavy atom. The number of rotatable bonds is 5. The van der Waals surface area contributed by atoms with Gasteiger partial charge in [-0.1, -0.05) is 188 Å². The number of hydrogen-bond acceptors (Lipinski definition) is 9. The maximum Gasteiger partial charge on any atom is 0.307 e. The Hall–Kier alpha value is -12.5. The summed E-state index contributed by atoms with van der Waals surface area (Å²) in [5.41, 5.74) is 15.6. The zero-order chi connectivity index (χ0) is 64.0. The summed E-state index contributed by atoms with van der Waals surface area (Å²) in [6, 6.07) is 98.1. The van der Waals surface area contributed by atoms with E-state index in [1.807, 2.05) is 107 Å². The molecule has 12 heteroatoms. The molecule has 0 N–H and O–H groups in total. The molecule has 99 heavy (non-hydrogen) atoms. The van der Waals surface area contributed by atoms with Crippen LogP contribution in [0.2, 0.25) is 0 Å². The zero-order valence-electron chi connectivity index (χ0n) is 52.0. The summed E-state index contributed by atoms with van der Waals surface area (Å²) in [7, 11) is 0. The van der Waals surface area contributed by atoms with Gasteiger partial charge in [-0.25, -0.2) is 0 Å². The monoisotopic (exact) mass is 1320 g/mol. The molecule has 0 fully saturated rings. The number of para-hydroxylation sites is 8. The number of fused-ring (bicyclic) bond motifs is 32. The Labute approximate surface area is 570 Å². The zero-order valence-corrected chi connectivity index (χ0v) is 54.5. The lowest BCUT2D eigenvalue weighted by atomic mass is 9.93. The van der Waals surface area contributed by atoms with Crippen molar-refractivity contribution < 1.29 is 13.3 Å². The molecule has 0 radical (unpaired) electrons. The fourth-order valence-corrected chi connectivity index (χ4v) is 20.6. The van der Waals surface area contributed by atoms with Gasteiger partial charge in [0, 0.05) is 94.4 Å². The average molecular weight is 1320 g/mol. The van der Waals surface area contributed by atoms with Gasteiger partial charge >= 0.3 is 18.0 Å². The Balaban J connectivity index is 0.746. The maximum atomic E-state index is 6.99. The molecule has 0 amide bonds. The van der Waals surface area contributed by atoms with Crippen LogP contribution in [0.15, 0.2) is 280 Å². The van der Waals surface area contributed by atoms with E-state index in [4.69, 9.17) is 28.2 Å². The maximum absolute atomic E-state index is 6.99. The van der Waals surface area contributed by atoms with E-state index < -0.39 is 0 Å².